The maximum Gasteiger partial charge on any atom is 0.349 e. The first-order chi connectivity index (χ1) is 9.77. The van der Waals surface area contributed by atoms with Crippen LogP contribution in [0.15, 0.2) is 10.3 Å². The van der Waals surface area contributed by atoms with Crippen molar-refractivity contribution in [3.05, 3.63) is 15.8 Å². The van der Waals surface area contributed by atoms with E-state index in [0.29, 0.717) is 5.56 Å². The van der Waals surface area contributed by atoms with Crippen LogP contribution in [0.4, 0.5) is 0 Å². The fourth-order valence-electron chi connectivity index (χ4n) is 1.84. The first-order valence-corrected chi connectivity index (χ1v) is 10.1. The number of thiophene rings is 1. The van der Waals surface area contributed by atoms with Crippen LogP contribution in [-0.4, -0.2) is 50.9 Å². The van der Waals surface area contributed by atoms with Gasteiger partial charge in [-0.2, -0.15) is 16.1 Å². The zero-order valence-corrected chi connectivity index (χ0v) is 15.3. The quantitative estimate of drug-likeness (QED) is 0.707. The van der Waals surface area contributed by atoms with Crippen molar-refractivity contribution in [1.82, 2.24) is 4.31 Å². The van der Waals surface area contributed by atoms with Gasteiger partial charge in [-0.25, -0.2) is 13.2 Å². The Labute approximate surface area is 134 Å². The van der Waals surface area contributed by atoms with E-state index < -0.39 is 16.0 Å². The summed E-state index contributed by atoms with van der Waals surface area (Å²) in [6, 6.07) is -0.132. The van der Waals surface area contributed by atoms with E-state index >= 15 is 0 Å². The van der Waals surface area contributed by atoms with Crippen LogP contribution >= 0.6 is 23.1 Å². The smallest absolute Gasteiger partial charge is 0.349 e. The maximum absolute atomic E-state index is 12.8. The second kappa shape index (κ2) is 7.62. The Hall–Kier alpha value is -0.570. The largest absolute Gasteiger partial charge is 0.465 e. The molecule has 0 radical (unpaired) electrons. The van der Waals surface area contributed by atoms with Crippen molar-refractivity contribution in [3.8, 4) is 0 Å². The Morgan fingerprint density at radius 3 is 2.67 bits per heavy atom. The maximum atomic E-state index is 12.8. The summed E-state index contributed by atoms with van der Waals surface area (Å²) >= 11 is 2.77. The lowest BCUT2D eigenvalue weighted by Gasteiger charge is -2.24. The molecule has 0 bridgehead atoms. The third-order valence-corrected chi connectivity index (χ3v) is 7.30. The lowest BCUT2D eigenvalue weighted by molar-refractivity contribution is 0.0602. The molecule has 8 heteroatoms. The van der Waals surface area contributed by atoms with Gasteiger partial charge in [-0.15, -0.1) is 11.3 Å². The van der Waals surface area contributed by atoms with Crippen molar-refractivity contribution in [2.24, 2.45) is 0 Å². The van der Waals surface area contributed by atoms with Gasteiger partial charge in [0, 0.05) is 13.1 Å². The predicted molar refractivity (Wildman–Crippen MR) is 87.8 cm³/mol. The van der Waals surface area contributed by atoms with E-state index in [2.05, 4.69) is 4.74 Å². The van der Waals surface area contributed by atoms with E-state index in [1.54, 1.807) is 31.1 Å². The monoisotopic (exact) mass is 351 g/mol. The molecule has 0 saturated carbocycles. The molecule has 1 unspecified atom stereocenters. The Balaban J connectivity index is 3.19. The summed E-state index contributed by atoms with van der Waals surface area (Å²) in [6.07, 6.45) is 2.74. The first-order valence-electron chi connectivity index (χ1n) is 6.40. The predicted octanol–water partition coefficient (Wildman–Crippen LogP) is 2.61. The molecule has 1 atom stereocenters. The van der Waals surface area contributed by atoms with Crippen LogP contribution in [0.1, 0.15) is 28.6 Å². The van der Waals surface area contributed by atoms with Crippen LogP contribution in [-0.2, 0) is 14.8 Å². The molecule has 1 heterocycles. The van der Waals surface area contributed by atoms with Crippen molar-refractivity contribution >= 4 is 39.1 Å². The van der Waals surface area contributed by atoms with Gasteiger partial charge in [0.25, 0.3) is 0 Å². The molecule has 0 saturated heterocycles. The van der Waals surface area contributed by atoms with Crippen molar-refractivity contribution in [1.29, 1.82) is 0 Å². The molecule has 0 spiro atoms. The Kier molecular flexibility index (Phi) is 6.71. The molecule has 1 aromatic heterocycles. The molecule has 5 nitrogen and oxygen atoms in total. The molecule has 0 aliphatic carbocycles. The lowest BCUT2D eigenvalue weighted by atomic mass is 10.3. The van der Waals surface area contributed by atoms with Crippen LogP contribution in [0.5, 0.6) is 0 Å². The molecule has 21 heavy (non-hydrogen) atoms. The third kappa shape index (κ3) is 4.00. The number of esters is 1. The van der Waals surface area contributed by atoms with Crippen LogP contribution < -0.4 is 0 Å². The van der Waals surface area contributed by atoms with Crippen LogP contribution in [0, 0.1) is 6.92 Å². The Morgan fingerprint density at radius 1 is 1.52 bits per heavy atom. The molecule has 0 amide bonds. The summed E-state index contributed by atoms with van der Waals surface area (Å²) in [6.45, 7) is 3.56. The van der Waals surface area contributed by atoms with Gasteiger partial charge in [-0.1, -0.05) is 0 Å². The highest BCUT2D eigenvalue weighted by molar-refractivity contribution is 7.98. The second-order valence-corrected chi connectivity index (χ2v) is 8.52. The summed E-state index contributed by atoms with van der Waals surface area (Å²) in [5.74, 6) is 0.268. The normalized spacial score (nSPS) is 13.4. The number of hydrogen-bond donors (Lipinski definition) is 0. The van der Waals surface area contributed by atoms with Gasteiger partial charge >= 0.3 is 5.97 Å². The van der Waals surface area contributed by atoms with Gasteiger partial charge in [-0.05, 0) is 43.2 Å². The van der Waals surface area contributed by atoms with Crippen LogP contribution in [0.25, 0.3) is 0 Å². The summed E-state index contributed by atoms with van der Waals surface area (Å²) in [5, 5.41) is 1.67. The van der Waals surface area contributed by atoms with Crippen LogP contribution in [0.3, 0.4) is 0 Å². The number of thioether (sulfide) groups is 1. The third-order valence-electron chi connectivity index (χ3n) is 3.29. The number of methoxy groups -OCH3 is 1. The number of carbonyl (C=O) groups is 1. The number of carbonyl (C=O) groups excluding carboxylic acids is 1. The zero-order valence-electron chi connectivity index (χ0n) is 12.9. The van der Waals surface area contributed by atoms with E-state index in [0.717, 1.165) is 23.5 Å². The summed E-state index contributed by atoms with van der Waals surface area (Å²) in [7, 11) is -0.905. The summed E-state index contributed by atoms with van der Waals surface area (Å²) in [5.41, 5.74) is 0.573. The fraction of sp³-hybridized carbons (Fsp3) is 0.615. The average molecular weight is 352 g/mol. The molecule has 0 aromatic carbocycles. The first kappa shape index (κ1) is 18.5. The standard InChI is InChI=1S/C13H21NO4S3/c1-9-8-20-11(13(15)18-4)12(9)21(16,17)14(3)10(2)6-7-19-5/h8,10H,6-7H2,1-5H3. The van der Waals surface area contributed by atoms with Crippen molar-refractivity contribution in [2.45, 2.75) is 31.2 Å². The lowest BCUT2D eigenvalue weighted by Crippen LogP contribution is -2.36. The minimum atomic E-state index is -3.71. The number of rotatable bonds is 7. The molecular formula is C13H21NO4S3. The second-order valence-electron chi connectivity index (χ2n) is 4.72. The van der Waals surface area contributed by atoms with Gasteiger partial charge in [-0.3, -0.25) is 0 Å². The van der Waals surface area contributed by atoms with Gasteiger partial charge in [0.15, 0.2) is 0 Å². The average Bonchev–Trinajstić information content (AvgIpc) is 2.85. The van der Waals surface area contributed by atoms with Gasteiger partial charge in [0.1, 0.15) is 9.77 Å². The summed E-state index contributed by atoms with van der Waals surface area (Å²) in [4.78, 5) is 12.0. The molecule has 1 rings (SSSR count). The fourth-order valence-corrected chi connectivity index (χ4v) is 5.46. The zero-order chi connectivity index (χ0) is 16.2. The molecule has 0 aliphatic heterocycles. The topological polar surface area (TPSA) is 63.7 Å². The number of aryl methyl sites for hydroxylation is 1. The van der Waals surface area contributed by atoms with E-state index in [4.69, 9.17) is 0 Å². The highest BCUT2D eigenvalue weighted by Gasteiger charge is 2.32. The number of sulfonamides is 1. The SMILES string of the molecule is COC(=O)c1scc(C)c1S(=O)(=O)N(C)C(C)CCSC. The molecule has 0 fully saturated rings. The van der Waals surface area contributed by atoms with Crippen molar-refractivity contribution in [2.75, 3.05) is 26.2 Å². The highest BCUT2D eigenvalue weighted by Crippen LogP contribution is 2.30. The number of hydrogen-bond acceptors (Lipinski definition) is 6. The molecule has 0 N–H and O–H groups in total. The summed E-state index contributed by atoms with van der Waals surface area (Å²) < 4.78 is 31.6. The van der Waals surface area contributed by atoms with E-state index in [1.165, 1.54) is 11.4 Å². The minimum absolute atomic E-state index is 0.0675. The minimum Gasteiger partial charge on any atom is -0.465 e. The highest BCUT2D eigenvalue weighted by atomic mass is 32.2. The van der Waals surface area contributed by atoms with E-state index in [-0.39, 0.29) is 15.8 Å². The van der Waals surface area contributed by atoms with Gasteiger partial charge in [0.05, 0.1) is 7.11 Å². The molecule has 120 valence electrons. The molecule has 1 aromatic rings. The van der Waals surface area contributed by atoms with Crippen molar-refractivity contribution in [3.63, 3.8) is 0 Å². The molecular weight excluding hydrogens is 330 g/mol. The Morgan fingerprint density at radius 2 is 2.14 bits per heavy atom. The van der Waals surface area contributed by atoms with E-state index in [1.807, 2.05) is 13.2 Å². The van der Waals surface area contributed by atoms with Gasteiger partial charge < -0.3 is 4.74 Å². The number of ether oxygens (including phenoxy) is 1. The van der Waals surface area contributed by atoms with Crippen molar-refractivity contribution < 1.29 is 17.9 Å². The van der Waals surface area contributed by atoms with Gasteiger partial charge in [0.2, 0.25) is 10.0 Å². The van der Waals surface area contributed by atoms with Crippen LogP contribution in [0.2, 0.25) is 0 Å². The van der Waals surface area contributed by atoms with E-state index in [9.17, 15) is 13.2 Å². The molecule has 0 aliphatic rings. The Bertz CT molecular complexity index is 595. The number of nitrogens with zero attached hydrogens (tertiary/aromatic N) is 1.